The first-order valence-corrected chi connectivity index (χ1v) is 9.57. The molecule has 1 amide bonds. The van der Waals surface area contributed by atoms with Crippen LogP contribution in [0.4, 0.5) is 0 Å². The number of aromatic amines is 1. The number of β-amino-alcohol motifs (C(OH)–C–C–N with tert-alkyl or cyclic N) is 1. The molecule has 1 saturated heterocycles. The van der Waals surface area contributed by atoms with Gasteiger partial charge in [-0.05, 0) is 36.5 Å². The largest absolute Gasteiger partial charge is 0.381 e. The highest BCUT2D eigenvalue weighted by Gasteiger charge is 2.44. The summed E-state index contributed by atoms with van der Waals surface area (Å²) in [6.45, 7) is 0.818. The van der Waals surface area contributed by atoms with Crippen molar-refractivity contribution in [1.29, 1.82) is 0 Å². The predicted octanol–water partition coefficient (Wildman–Crippen LogP) is 2.85. The molecule has 2 fully saturated rings. The number of hydrogen-bond acceptors (Lipinski definition) is 4. The standard InChI is InChI=1S/C19H23ClN4O2/c20-14-5-3-4-13(10-14)15-6-1-2-7-16(15)18(25)24-9-8-19(26,12-24)17-11-21-23-22-17/h3-5,10-11,15-16,26H,1-2,6-9,12H2,(H,21,22,23)/t15-,16+,19?/m0/s1. The van der Waals surface area contributed by atoms with Crippen LogP contribution in [0, 0.1) is 5.92 Å². The molecule has 4 rings (SSSR count). The maximum absolute atomic E-state index is 13.3. The van der Waals surface area contributed by atoms with Gasteiger partial charge >= 0.3 is 0 Å². The van der Waals surface area contributed by atoms with Gasteiger partial charge in [0.2, 0.25) is 5.91 Å². The molecule has 2 N–H and O–H groups in total. The van der Waals surface area contributed by atoms with Crippen LogP contribution < -0.4 is 0 Å². The fourth-order valence-corrected chi connectivity index (χ4v) is 4.61. The molecule has 1 aromatic heterocycles. The number of halogens is 1. The van der Waals surface area contributed by atoms with E-state index >= 15 is 0 Å². The quantitative estimate of drug-likeness (QED) is 0.865. The number of nitrogens with zero attached hydrogens (tertiary/aromatic N) is 3. The smallest absolute Gasteiger partial charge is 0.226 e. The number of H-pyrrole nitrogens is 1. The van der Waals surface area contributed by atoms with E-state index in [1.165, 1.54) is 6.20 Å². The van der Waals surface area contributed by atoms with Crippen LogP contribution in [-0.2, 0) is 10.4 Å². The van der Waals surface area contributed by atoms with Crippen LogP contribution in [0.5, 0.6) is 0 Å². The lowest BCUT2D eigenvalue weighted by Gasteiger charge is -2.34. The van der Waals surface area contributed by atoms with Crippen molar-refractivity contribution in [2.45, 2.75) is 43.6 Å². The number of likely N-dealkylation sites (tertiary alicyclic amines) is 1. The Labute approximate surface area is 157 Å². The fourth-order valence-electron chi connectivity index (χ4n) is 4.41. The third-order valence-corrected chi connectivity index (χ3v) is 6.05. The van der Waals surface area contributed by atoms with Gasteiger partial charge in [-0.3, -0.25) is 4.79 Å². The van der Waals surface area contributed by atoms with E-state index in [1.54, 1.807) is 4.90 Å². The number of rotatable bonds is 3. The van der Waals surface area contributed by atoms with Crippen molar-refractivity contribution in [2.75, 3.05) is 13.1 Å². The number of hydrogen-bond donors (Lipinski definition) is 2. The Hall–Kier alpha value is -1.92. The van der Waals surface area contributed by atoms with Gasteiger partial charge in [0, 0.05) is 23.9 Å². The monoisotopic (exact) mass is 374 g/mol. The van der Waals surface area contributed by atoms with Gasteiger partial charge in [0.15, 0.2) is 0 Å². The number of carbonyl (C=O) groups excluding carboxylic acids is 1. The summed E-state index contributed by atoms with van der Waals surface area (Å²) in [6.07, 6.45) is 6.09. The summed E-state index contributed by atoms with van der Waals surface area (Å²) in [6, 6.07) is 7.86. The Kier molecular flexibility index (Phi) is 4.71. The molecule has 138 valence electrons. The topological polar surface area (TPSA) is 82.1 Å². The van der Waals surface area contributed by atoms with Gasteiger partial charge < -0.3 is 10.0 Å². The molecule has 7 heteroatoms. The van der Waals surface area contributed by atoms with E-state index < -0.39 is 5.60 Å². The van der Waals surface area contributed by atoms with E-state index in [1.807, 2.05) is 18.2 Å². The maximum Gasteiger partial charge on any atom is 0.226 e. The molecular weight excluding hydrogens is 352 g/mol. The number of aromatic nitrogens is 3. The van der Waals surface area contributed by atoms with Crippen LogP contribution in [0.25, 0.3) is 0 Å². The van der Waals surface area contributed by atoms with E-state index in [2.05, 4.69) is 21.5 Å². The van der Waals surface area contributed by atoms with Gasteiger partial charge in [0.05, 0.1) is 12.7 Å². The Morgan fingerprint density at radius 2 is 2.19 bits per heavy atom. The first-order valence-electron chi connectivity index (χ1n) is 9.20. The van der Waals surface area contributed by atoms with Crippen LogP contribution in [0.3, 0.4) is 0 Å². The molecule has 0 radical (unpaired) electrons. The normalized spacial score (nSPS) is 29.1. The van der Waals surface area contributed by atoms with E-state index in [0.717, 1.165) is 31.2 Å². The average molecular weight is 375 g/mol. The lowest BCUT2D eigenvalue weighted by Crippen LogP contribution is -2.40. The third-order valence-electron chi connectivity index (χ3n) is 5.81. The van der Waals surface area contributed by atoms with Crippen molar-refractivity contribution in [1.82, 2.24) is 20.3 Å². The summed E-state index contributed by atoms with van der Waals surface area (Å²) < 4.78 is 0. The second-order valence-corrected chi connectivity index (χ2v) is 7.89. The minimum absolute atomic E-state index is 0.0538. The molecule has 6 nitrogen and oxygen atoms in total. The van der Waals surface area contributed by atoms with E-state index in [-0.39, 0.29) is 24.3 Å². The first-order chi connectivity index (χ1) is 12.6. The molecule has 1 unspecified atom stereocenters. The van der Waals surface area contributed by atoms with Gasteiger partial charge in [-0.25, -0.2) is 0 Å². The Balaban J connectivity index is 1.53. The van der Waals surface area contributed by atoms with Gasteiger partial charge in [0.1, 0.15) is 11.3 Å². The minimum Gasteiger partial charge on any atom is -0.381 e. The number of amides is 1. The number of benzene rings is 1. The zero-order valence-electron chi connectivity index (χ0n) is 14.6. The van der Waals surface area contributed by atoms with Crippen molar-refractivity contribution >= 4 is 17.5 Å². The number of nitrogens with one attached hydrogen (secondary N) is 1. The summed E-state index contributed by atoms with van der Waals surface area (Å²) in [5.74, 6) is 0.270. The molecule has 1 aromatic carbocycles. The van der Waals surface area contributed by atoms with Crippen molar-refractivity contribution in [3.8, 4) is 0 Å². The zero-order valence-corrected chi connectivity index (χ0v) is 15.3. The van der Waals surface area contributed by atoms with Crippen LogP contribution in [0.1, 0.15) is 49.3 Å². The molecule has 0 bridgehead atoms. The highest BCUT2D eigenvalue weighted by atomic mass is 35.5. The molecule has 26 heavy (non-hydrogen) atoms. The van der Waals surface area contributed by atoms with Crippen molar-refractivity contribution in [3.05, 3.63) is 46.7 Å². The van der Waals surface area contributed by atoms with E-state index in [0.29, 0.717) is 23.7 Å². The molecular formula is C19H23ClN4O2. The van der Waals surface area contributed by atoms with Crippen LogP contribution in [0.2, 0.25) is 5.02 Å². The molecule has 2 aromatic rings. The molecule has 1 aliphatic carbocycles. The molecule has 2 aliphatic rings. The van der Waals surface area contributed by atoms with Crippen LogP contribution in [-0.4, -0.2) is 44.4 Å². The van der Waals surface area contributed by atoms with Crippen molar-refractivity contribution in [2.24, 2.45) is 5.92 Å². The molecule has 1 aliphatic heterocycles. The second-order valence-electron chi connectivity index (χ2n) is 7.45. The maximum atomic E-state index is 13.3. The number of aliphatic hydroxyl groups is 1. The second kappa shape index (κ2) is 7.00. The van der Waals surface area contributed by atoms with Gasteiger partial charge in [-0.2, -0.15) is 15.4 Å². The Morgan fingerprint density at radius 3 is 2.96 bits per heavy atom. The fraction of sp³-hybridized carbons (Fsp3) is 0.526. The highest BCUT2D eigenvalue weighted by Crippen LogP contribution is 2.41. The molecule has 0 spiro atoms. The van der Waals surface area contributed by atoms with Crippen molar-refractivity contribution in [3.63, 3.8) is 0 Å². The lowest BCUT2D eigenvalue weighted by atomic mass is 9.75. The van der Waals surface area contributed by atoms with Crippen LogP contribution in [0.15, 0.2) is 30.5 Å². The van der Waals surface area contributed by atoms with Gasteiger partial charge in [-0.1, -0.05) is 36.6 Å². The first kappa shape index (κ1) is 17.5. The predicted molar refractivity (Wildman–Crippen MR) is 97.6 cm³/mol. The van der Waals surface area contributed by atoms with Crippen molar-refractivity contribution < 1.29 is 9.90 Å². The Bertz CT molecular complexity index is 782. The summed E-state index contributed by atoms with van der Waals surface area (Å²) >= 11 is 6.17. The average Bonchev–Trinajstić information content (AvgIpc) is 3.32. The lowest BCUT2D eigenvalue weighted by molar-refractivity contribution is -0.137. The van der Waals surface area contributed by atoms with E-state index in [4.69, 9.17) is 11.6 Å². The summed E-state index contributed by atoms with van der Waals surface area (Å²) in [5.41, 5.74) is 0.535. The molecule has 1 saturated carbocycles. The highest BCUT2D eigenvalue weighted by molar-refractivity contribution is 6.30. The van der Waals surface area contributed by atoms with Crippen LogP contribution >= 0.6 is 11.6 Å². The summed E-state index contributed by atoms with van der Waals surface area (Å²) in [4.78, 5) is 15.1. The Morgan fingerprint density at radius 1 is 1.35 bits per heavy atom. The minimum atomic E-state index is -1.11. The molecule has 2 heterocycles. The molecule has 3 atom stereocenters. The van der Waals surface area contributed by atoms with E-state index in [9.17, 15) is 9.90 Å². The zero-order chi connectivity index (χ0) is 18.1. The van der Waals surface area contributed by atoms with Gasteiger partial charge in [-0.15, -0.1) is 0 Å². The SMILES string of the molecule is O=C([C@@H]1CCCC[C@H]1c1cccc(Cl)c1)N1CCC(O)(c2cn[nH]n2)C1. The third kappa shape index (κ3) is 3.23. The number of carbonyl (C=O) groups is 1. The summed E-state index contributed by atoms with van der Waals surface area (Å²) in [5, 5.41) is 21.9. The van der Waals surface area contributed by atoms with Gasteiger partial charge in [0.25, 0.3) is 0 Å². The summed E-state index contributed by atoms with van der Waals surface area (Å²) in [7, 11) is 0.